The second kappa shape index (κ2) is 7.19. The van der Waals surface area contributed by atoms with Crippen LogP contribution in [0.25, 0.3) is 0 Å². The maximum absolute atomic E-state index is 11.9. The van der Waals surface area contributed by atoms with Crippen molar-refractivity contribution in [2.24, 2.45) is 0 Å². The minimum Gasteiger partial charge on any atom is -0.289 e. The lowest BCUT2D eigenvalue weighted by molar-refractivity contribution is 0.104. The van der Waals surface area contributed by atoms with E-state index in [9.17, 15) is 4.79 Å². The summed E-state index contributed by atoms with van der Waals surface area (Å²) in [6, 6.07) is 11.9. The molecule has 2 rings (SSSR count). The summed E-state index contributed by atoms with van der Waals surface area (Å²) in [5.41, 5.74) is 0.587. The van der Waals surface area contributed by atoms with E-state index in [0.29, 0.717) is 20.6 Å². The Balaban J connectivity index is 2.04. The molecule has 0 aliphatic carbocycles. The van der Waals surface area contributed by atoms with Gasteiger partial charge in [0.2, 0.25) is 0 Å². The van der Waals surface area contributed by atoms with Gasteiger partial charge in [0.25, 0.3) is 0 Å². The number of rotatable bonds is 4. The Hall–Kier alpha value is -0.930. The summed E-state index contributed by atoms with van der Waals surface area (Å²) >= 11 is 19.0. The molecule has 20 heavy (non-hydrogen) atoms. The van der Waals surface area contributed by atoms with E-state index in [0.717, 1.165) is 4.90 Å². The van der Waals surface area contributed by atoms with Gasteiger partial charge in [-0.2, -0.15) is 0 Å². The van der Waals surface area contributed by atoms with Gasteiger partial charge in [-0.15, -0.1) is 0 Å². The Morgan fingerprint density at radius 2 is 1.60 bits per heavy atom. The second-order valence-corrected chi connectivity index (χ2v) is 6.09. The fourth-order valence-electron chi connectivity index (χ4n) is 1.45. The van der Waals surface area contributed by atoms with Crippen LogP contribution in [0.1, 0.15) is 10.4 Å². The number of thioether (sulfide) groups is 1. The first kappa shape index (κ1) is 15.5. The summed E-state index contributed by atoms with van der Waals surface area (Å²) in [6.45, 7) is 0. The van der Waals surface area contributed by atoms with Gasteiger partial charge in [-0.25, -0.2) is 0 Å². The van der Waals surface area contributed by atoms with E-state index in [2.05, 4.69) is 0 Å². The van der Waals surface area contributed by atoms with E-state index < -0.39 is 0 Å². The summed E-state index contributed by atoms with van der Waals surface area (Å²) in [7, 11) is 0. The van der Waals surface area contributed by atoms with E-state index >= 15 is 0 Å². The van der Waals surface area contributed by atoms with E-state index in [-0.39, 0.29) is 5.78 Å². The molecule has 0 aliphatic rings. The fraction of sp³-hybridized carbons (Fsp3) is 0. The number of carbonyl (C=O) groups excluding carboxylic acids is 1. The molecule has 2 aromatic rings. The average molecular weight is 344 g/mol. The lowest BCUT2D eigenvalue weighted by Crippen LogP contribution is -1.92. The number of carbonyl (C=O) groups is 1. The molecule has 0 N–H and O–H groups in total. The minimum absolute atomic E-state index is 0.0904. The van der Waals surface area contributed by atoms with Crippen molar-refractivity contribution in [2.45, 2.75) is 4.90 Å². The maximum Gasteiger partial charge on any atom is 0.186 e. The van der Waals surface area contributed by atoms with Gasteiger partial charge in [-0.3, -0.25) is 4.79 Å². The number of ketones is 1. The van der Waals surface area contributed by atoms with Gasteiger partial charge < -0.3 is 0 Å². The molecular weight excluding hydrogens is 335 g/mol. The molecule has 0 fully saturated rings. The van der Waals surface area contributed by atoms with Crippen molar-refractivity contribution in [3.05, 3.63) is 74.6 Å². The molecule has 5 heteroatoms. The van der Waals surface area contributed by atoms with Crippen LogP contribution in [0.4, 0.5) is 0 Å². The molecular formula is C15H9Cl3OS. The van der Waals surface area contributed by atoms with Gasteiger partial charge in [0.05, 0.1) is 5.02 Å². The zero-order chi connectivity index (χ0) is 14.5. The molecule has 0 spiro atoms. The van der Waals surface area contributed by atoms with Crippen molar-refractivity contribution >= 4 is 52.3 Å². The summed E-state index contributed by atoms with van der Waals surface area (Å²) in [6.07, 6.45) is 1.49. The number of hydrogen-bond acceptors (Lipinski definition) is 2. The topological polar surface area (TPSA) is 17.1 Å². The molecule has 1 nitrogen and oxygen atoms in total. The van der Waals surface area contributed by atoms with Crippen molar-refractivity contribution in [3.63, 3.8) is 0 Å². The molecule has 0 bridgehead atoms. The zero-order valence-corrected chi connectivity index (χ0v) is 13.2. The number of halogens is 3. The van der Waals surface area contributed by atoms with Gasteiger partial charge >= 0.3 is 0 Å². The van der Waals surface area contributed by atoms with Crippen LogP contribution in [0.5, 0.6) is 0 Å². The standard InChI is InChI=1S/C15H9Cl3OS/c16-11-3-1-10(2-4-11)14(19)7-8-20-15-9-12(17)5-6-13(15)18/h1-9H/b8-7+. The predicted molar refractivity (Wildman–Crippen MR) is 87.2 cm³/mol. The zero-order valence-electron chi connectivity index (χ0n) is 10.1. The Bertz CT molecular complexity index is 651. The van der Waals surface area contributed by atoms with Gasteiger partial charge in [0, 0.05) is 20.5 Å². The third-order valence-corrected chi connectivity index (χ3v) is 4.23. The maximum atomic E-state index is 11.9. The summed E-state index contributed by atoms with van der Waals surface area (Å²) < 4.78 is 0. The van der Waals surface area contributed by atoms with Crippen LogP contribution in [0.3, 0.4) is 0 Å². The van der Waals surface area contributed by atoms with Gasteiger partial charge in [-0.1, -0.05) is 46.6 Å². The summed E-state index contributed by atoms with van der Waals surface area (Å²) in [5, 5.41) is 3.50. The predicted octanol–water partition coefficient (Wildman–Crippen LogP) is 6.14. The highest BCUT2D eigenvalue weighted by Gasteiger charge is 2.03. The highest BCUT2D eigenvalue weighted by molar-refractivity contribution is 8.02. The lowest BCUT2D eigenvalue weighted by Gasteiger charge is -2.00. The van der Waals surface area contributed by atoms with Crippen LogP contribution in [0, 0.1) is 0 Å². The van der Waals surface area contributed by atoms with Crippen molar-refractivity contribution in [3.8, 4) is 0 Å². The first-order valence-corrected chi connectivity index (χ1v) is 7.66. The number of benzene rings is 2. The molecule has 0 amide bonds. The quantitative estimate of drug-likeness (QED) is 0.377. The van der Waals surface area contributed by atoms with E-state index in [1.165, 1.54) is 17.8 Å². The molecule has 0 aromatic heterocycles. The third kappa shape index (κ3) is 4.29. The SMILES string of the molecule is O=C(/C=C/Sc1cc(Cl)ccc1Cl)c1ccc(Cl)cc1. The van der Waals surface area contributed by atoms with Crippen LogP contribution in [0.2, 0.25) is 15.1 Å². The molecule has 0 saturated heterocycles. The number of allylic oxidation sites excluding steroid dienone is 1. The first-order chi connectivity index (χ1) is 9.56. The minimum atomic E-state index is -0.0904. The molecule has 0 radical (unpaired) electrons. The molecule has 0 aliphatic heterocycles. The van der Waals surface area contributed by atoms with Crippen molar-refractivity contribution < 1.29 is 4.79 Å². The molecule has 0 atom stereocenters. The second-order valence-electron chi connectivity index (χ2n) is 3.87. The molecule has 0 saturated carbocycles. The highest BCUT2D eigenvalue weighted by Crippen LogP contribution is 2.30. The Labute approximate surface area is 136 Å². The lowest BCUT2D eigenvalue weighted by atomic mass is 10.1. The van der Waals surface area contributed by atoms with Gasteiger partial charge in [-0.05, 0) is 53.9 Å². The van der Waals surface area contributed by atoms with Crippen molar-refractivity contribution in [1.29, 1.82) is 0 Å². The molecule has 2 aromatic carbocycles. The smallest absolute Gasteiger partial charge is 0.186 e. The van der Waals surface area contributed by atoms with E-state index in [1.807, 2.05) is 0 Å². The van der Waals surface area contributed by atoms with E-state index in [4.69, 9.17) is 34.8 Å². The highest BCUT2D eigenvalue weighted by atomic mass is 35.5. The fourth-order valence-corrected chi connectivity index (χ4v) is 2.77. The molecule has 0 heterocycles. The van der Waals surface area contributed by atoms with Crippen LogP contribution in [-0.2, 0) is 0 Å². The van der Waals surface area contributed by atoms with Crippen molar-refractivity contribution in [1.82, 2.24) is 0 Å². The Morgan fingerprint density at radius 3 is 2.30 bits per heavy atom. The van der Waals surface area contributed by atoms with Crippen LogP contribution in [-0.4, -0.2) is 5.78 Å². The Morgan fingerprint density at radius 1 is 0.950 bits per heavy atom. The normalized spacial score (nSPS) is 10.9. The first-order valence-electron chi connectivity index (χ1n) is 5.64. The van der Waals surface area contributed by atoms with Gasteiger partial charge in [0.15, 0.2) is 5.78 Å². The van der Waals surface area contributed by atoms with E-state index in [1.54, 1.807) is 47.9 Å². The molecule has 102 valence electrons. The van der Waals surface area contributed by atoms with Crippen LogP contribution >= 0.6 is 46.6 Å². The molecule has 0 unspecified atom stereocenters. The monoisotopic (exact) mass is 342 g/mol. The third-order valence-electron chi connectivity index (χ3n) is 2.44. The largest absolute Gasteiger partial charge is 0.289 e. The van der Waals surface area contributed by atoms with Crippen LogP contribution in [0.15, 0.2) is 58.8 Å². The summed E-state index contributed by atoms with van der Waals surface area (Å²) in [5.74, 6) is -0.0904. The number of hydrogen-bond donors (Lipinski definition) is 0. The van der Waals surface area contributed by atoms with Crippen LogP contribution < -0.4 is 0 Å². The van der Waals surface area contributed by atoms with Crippen molar-refractivity contribution in [2.75, 3.05) is 0 Å². The van der Waals surface area contributed by atoms with Gasteiger partial charge in [0.1, 0.15) is 0 Å². The average Bonchev–Trinajstić information content (AvgIpc) is 2.43. The summed E-state index contributed by atoms with van der Waals surface area (Å²) in [4.78, 5) is 12.7. The Kier molecular flexibility index (Phi) is 5.55.